The lowest BCUT2D eigenvalue weighted by atomic mass is 10.1. The molecular formula is C13H18BrN5S. The van der Waals surface area contributed by atoms with Gasteiger partial charge in [0.05, 0.1) is 0 Å². The van der Waals surface area contributed by atoms with Crippen molar-refractivity contribution in [3.8, 4) is 0 Å². The van der Waals surface area contributed by atoms with Crippen molar-refractivity contribution in [1.29, 1.82) is 0 Å². The highest BCUT2D eigenvalue weighted by atomic mass is 79.9. The molecule has 0 bridgehead atoms. The molecule has 0 aliphatic rings. The molecule has 108 valence electrons. The van der Waals surface area contributed by atoms with Gasteiger partial charge >= 0.3 is 0 Å². The lowest BCUT2D eigenvalue weighted by Crippen LogP contribution is -2.35. The topological polar surface area (TPSA) is 55.6 Å². The number of rotatable bonds is 4. The Morgan fingerprint density at radius 1 is 1.35 bits per heavy atom. The van der Waals surface area contributed by atoms with E-state index in [2.05, 4.69) is 75.7 Å². The molecule has 0 fully saturated rings. The maximum atomic E-state index is 3.97. The van der Waals surface area contributed by atoms with Gasteiger partial charge in [-0.15, -0.1) is 5.10 Å². The molecule has 0 unspecified atom stereocenters. The summed E-state index contributed by atoms with van der Waals surface area (Å²) in [5.74, 6) is 0. The summed E-state index contributed by atoms with van der Waals surface area (Å²) in [4.78, 5) is 1.11. The summed E-state index contributed by atoms with van der Waals surface area (Å²) in [6.07, 6.45) is 0. The Kier molecular flexibility index (Phi) is 4.82. The Balaban J connectivity index is 2.08. The van der Waals surface area contributed by atoms with Crippen molar-refractivity contribution in [2.45, 2.75) is 42.9 Å². The molecule has 1 aromatic heterocycles. The van der Waals surface area contributed by atoms with Crippen LogP contribution in [0.3, 0.4) is 0 Å². The zero-order valence-corrected chi connectivity index (χ0v) is 14.4. The van der Waals surface area contributed by atoms with Gasteiger partial charge < -0.3 is 5.32 Å². The minimum atomic E-state index is 0.108. The summed E-state index contributed by atoms with van der Waals surface area (Å²) in [6, 6.07) is 6.30. The minimum Gasteiger partial charge on any atom is -0.308 e. The molecule has 2 aromatic rings. The second-order valence-electron chi connectivity index (χ2n) is 5.54. The molecule has 0 saturated carbocycles. The molecular weight excluding hydrogens is 338 g/mol. The number of hydrogen-bond donors (Lipinski definition) is 1. The Bertz CT molecular complexity index is 591. The predicted molar refractivity (Wildman–Crippen MR) is 83.7 cm³/mol. The first-order valence-electron chi connectivity index (χ1n) is 6.29. The van der Waals surface area contributed by atoms with E-state index in [0.29, 0.717) is 0 Å². The first kappa shape index (κ1) is 15.5. The monoisotopic (exact) mass is 355 g/mol. The van der Waals surface area contributed by atoms with Crippen LogP contribution in [0.25, 0.3) is 0 Å². The number of hydrogen-bond acceptors (Lipinski definition) is 5. The first-order chi connectivity index (χ1) is 9.35. The summed E-state index contributed by atoms with van der Waals surface area (Å²) in [5.41, 5.74) is 1.34. The van der Waals surface area contributed by atoms with Crippen molar-refractivity contribution < 1.29 is 0 Å². The van der Waals surface area contributed by atoms with Gasteiger partial charge in [0, 0.05) is 28.5 Å². The molecule has 1 aromatic carbocycles. The van der Waals surface area contributed by atoms with Gasteiger partial charge in [0.15, 0.2) is 0 Å². The Morgan fingerprint density at radius 2 is 2.10 bits per heavy atom. The fourth-order valence-electron chi connectivity index (χ4n) is 1.51. The molecule has 0 aliphatic carbocycles. The third kappa shape index (κ3) is 4.29. The lowest BCUT2D eigenvalue weighted by molar-refractivity contribution is 0.424. The van der Waals surface area contributed by atoms with E-state index in [-0.39, 0.29) is 5.54 Å². The molecule has 20 heavy (non-hydrogen) atoms. The number of nitrogens with one attached hydrogen (secondary N) is 1. The maximum absolute atomic E-state index is 3.97. The number of benzene rings is 1. The summed E-state index contributed by atoms with van der Waals surface area (Å²) in [5, 5.41) is 15.7. The molecule has 0 aliphatic heterocycles. The normalized spacial score (nSPS) is 11.8. The van der Waals surface area contributed by atoms with Crippen molar-refractivity contribution in [3.63, 3.8) is 0 Å². The standard InChI is InChI=1S/C13H18BrN5S/c1-13(2,3)15-8-9-5-6-10(7-11(9)14)20-12-16-17-18-19(12)4/h5-7,15H,8H2,1-4H3. The molecule has 0 saturated heterocycles. The summed E-state index contributed by atoms with van der Waals surface area (Å²) >= 11 is 5.17. The van der Waals surface area contributed by atoms with Gasteiger partial charge in [0.2, 0.25) is 5.16 Å². The number of halogens is 1. The van der Waals surface area contributed by atoms with Crippen molar-refractivity contribution in [1.82, 2.24) is 25.5 Å². The highest BCUT2D eigenvalue weighted by Crippen LogP contribution is 2.29. The van der Waals surface area contributed by atoms with Gasteiger partial charge in [-0.1, -0.05) is 22.0 Å². The van der Waals surface area contributed by atoms with Crippen LogP contribution in [-0.2, 0) is 13.6 Å². The van der Waals surface area contributed by atoms with E-state index in [1.54, 1.807) is 16.4 Å². The smallest absolute Gasteiger partial charge is 0.213 e. The SMILES string of the molecule is Cn1nnnc1Sc1ccc(CNC(C)(C)C)c(Br)c1. The number of nitrogens with zero attached hydrogens (tertiary/aromatic N) is 4. The van der Waals surface area contributed by atoms with Crippen LogP contribution < -0.4 is 5.32 Å². The van der Waals surface area contributed by atoms with Gasteiger partial charge in [0.25, 0.3) is 0 Å². The molecule has 5 nitrogen and oxygen atoms in total. The van der Waals surface area contributed by atoms with Crippen LogP contribution in [0.15, 0.2) is 32.7 Å². The van der Waals surface area contributed by atoms with E-state index in [4.69, 9.17) is 0 Å². The molecule has 2 rings (SSSR count). The molecule has 0 spiro atoms. The van der Waals surface area contributed by atoms with E-state index in [1.165, 1.54) is 5.56 Å². The van der Waals surface area contributed by atoms with Gasteiger partial charge in [-0.3, -0.25) is 0 Å². The fraction of sp³-hybridized carbons (Fsp3) is 0.462. The van der Waals surface area contributed by atoms with Crippen molar-refractivity contribution >= 4 is 27.7 Å². The van der Waals surface area contributed by atoms with E-state index in [0.717, 1.165) is 21.1 Å². The number of aromatic nitrogens is 4. The van der Waals surface area contributed by atoms with Crippen molar-refractivity contribution in [3.05, 3.63) is 28.2 Å². The molecule has 0 radical (unpaired) electrons. The average molecular weight is 356 g/mol. The summed E-state index contributed by atoms with van der Waals surface area (Å²) in [6.45, 7) is 7.31. The Hall–Kier alpha value is -0.920. The van der Waals surface area contributed by atoms with Gasteiger partial charge in [0.1, 0.15) is 0 Å². The Labute approximate surface area is 131 Å². The largest absolute Gasteiger partial charge is 0.308 e. The van der Waals surface area contributed by atoms with E-state index in [1.807, 2.05) is 7.05 Å². The quantitative estimate of drug-likeness (QED) is 0.913. The average Bonchev–Trinajstić information content (AvgIpc) is 2.73. The van der Waals surface area contributed by atoms with E-state index >= 15 is 0 Å². The second-order valence-corrected chi connectivity index (χ2v) is 7.44. The molecule has 0 atom stereocenters. The van der Waals surface area contributed by atoms with E-state index in [9.17, 15) is 0 Å². The highest BCUT2D eigenvalue weighted by molar-refractivity contribution is 9.10. The van der Waals surface area contributed by atoms with Crippen LogP contribution >= 0.6 is 27.7 Å². The maximum Gasteiger partial charge on any atom is 0.213 e. The third-order valence-electron chi connectivity index (χ3n) is 2.62. The zero-order valence-electron chi connectivity index (χ0n) is 12.0. The van der Waals surface area contributed by atoms with Gasteiger partial charge in [-0.05, 0) is 60.7 Å². The predicted octanol–water partition coefficient (Wildman–Crippen LogP) is 3.01. The van der Waals surface area contributed by atoms with E-state index < -0.39 is 0 Å². The second kappa shape index (κ2) is 6.24. The summed E-state index contributed by atoms with van der Waals surface area (Å²) in [7, 11) is 1.83. The molecule has 7 heteroatoms. The first-order valence-corrected chi connectivity index (χ1v) is 7.90. The Morgan fingerprint density at radius 3 is 2.65 bits per heavy atom. The van der Waals surface area contributed by atoms with Crippen molar-refractivity contribution in [2.75, 3.05) is 0 Å². The molecule has 1 N–H and O–H groups in total. The number of tetrazole rings is 1. The molecule has 1 heterocycles. The van der Waals surface area contributed by atoms with Gasteiger partial charge in [-0.25, -0.2) is 4.68 Å². The third-order valence-corrected chi connectivity index (χ3v) is 4.38. The lowest BCUT2D eigenvalue weighted by Gasteiger charge is -2.21. The fourth-order valence-corrected chi connectivity index (χ4v) is 2.95. The zero-order chi connectivity index (χ0) is 14.8. The van der Waals surface area contributed by atoms with Crippen LogP contribution in [0.5, 0.6) is 0 Å². The van der Waals surface area contributed by atoms with Crippen LogP contribution in [-0.4, -0.2) is 25.7 Å². The highest BCUT2D eigenvalue weighted by Gasteiger charge is 2.11. The van der Waals surface area contributed by atoms with Crippen LogP contribution in [0.1, 0.15) is 26.3 Å². The van der Waals surface area contributed by atoms with Gasteiger partial charge in [-0.2, -0.15) is 0 Å². The van der Waals surface area contributed by atoms with Crippen molar-refractivity contribution in [2.24, 2.45) is 7.05 Å². The summed E-state index contributed by atoms with van der Waals surface area (Å²) < 4.78 is 2.75. The number of aryl methyl sites for hydroxylation is 1. The van der Waals surface area contributed by atoms with Crippen LogP contribution in [0, 0.1) is 0 Å². The molecule has 0 amide bonds. The van der Waals surface area contributed by atoms with Crippen LogP contribution in [0.4, 0.5) is 0 Å². The van der Waals surface area contributed by atoms with Crippen LogP contribution in [0.2, 0.25) is 0 Å². The minimum absolute atomic E-state index is 0.108.